The number of benzene rings is 2. The van der Waals surface area contributed by atoms with Crippen LogP contribution in [-0.4, -0.2) is 73.8 Å². The van der Waals surface area contributed by atoms with Crippen LogP contribution in [-0.2, 0) is 23.4 Å². The van der Waals surface area contributed by atoms with Gasteiger partial charge in [-0.2, -0.15) is 15.1 Å². The molecule has 2 aromatic carbocycles. The normalized spacial score (nSPS) is 25.2. The van der Waals surface area contributed by atoms with Crippen LogP contribution in [0.4, 0.5) is 10.3 Å². The zero-order valence-corrected chi connectivity index (χ0v) is 27.1. The molecule has 0 bridgehead atoms. The molecule has 1 aliphatic heterocycles. The summed E-state index contributed by atoms with van der Waals surface area (Å²) in [4.78, 5) is 25.5. The first-order chi connectivity index (χ1) is 22.5. The molecule has 1 saturated heterocycles. The molecule has 6 rings (SSSR count). The average molecular weight is 673 g/mol. The van der Waals surface area contributed by atoms with Crippen molar-refractivity contribution in [3.05, 3.63) is 48.8 Å². The fraction of sp³-hybridized carbons (Fsp3) is 0.484. The van der Waals surface area contributed by atoms with Crippen molar-refractivity contribution in [3.8, 4) is 11.6 Å². The van der Waals surface area contributed by atoms with E-state index in [-0.39, 0.29) is 41.5 Å². The smallest absolute Gasteiger partial charge is 0.459 e. The molecule has 1 aliphatic carbocycles. The van der Waals surface area contributed by atoms with E-state index >= 15 is 4.39 Å². The summed E-state index contributed by atoms with van der Waals surface area (Å²) in [6.45, 7) is 4.17. The van der Waals surface area contributed by atoms with Gasteiger partial charge in [-0.3, -0.25) is 13.9 Å². The molecule has 2 aromatic heterocycles. The van der Waals surface area contributed by atoms with Crippen molar-refractivity contribution >= 4 is 41.6 Å². The van der Waals surface area contributed by atoms with Gasteiger partial charge in [-0.1, -0.05) is 36.4 Å². The molecular weight excluding hydrogens is 634 g/mol. The minimum Gasteiger partial charge on any atom is -0.476 e. The monoisotopic (exact) mass is 672 g/mol. The summed E-state index contributed by atoms with van der Waals surface area (Å²) in [6, 6.07) is 11.4. The summed E-state index contributed by atoms with van der Waals surface area (Å²) in [5, 5.41) is 15.4. The molecule has 2 fully saturated rings. The molecule has 252 valence electrons. The van der Waals surface area contributed by atoms with Crippen LogP contribution in [0.5, 0.6) is 11.6 Å². The highest BCUT2D eigenvalue weighted by atomic mass is 31.2. The number of aromatic nitrogens is 4. The molecule has 1 saturated carbocycles. The van der Waals surface area contributed by atoms with Crippen molar-refractivity contribution in [2.75, 3.05) is 18.9 Å². The number of esters is 1. The quantitative estimate of drug-likeness (QED) is 0.140. The van der Waals surface area contributed by atoms with E-state index in [1.165, 1.54) is 24.7 Å². The Hall–Kier alpha value is -3.88. The van der Waals surface area contributed by atoms with Crippen molar-refractivity contribution in [1.29, 1.82) is 0 Å². The van der Waals surface area contributed by atoms with Gasteiger partial charge < -0.3 is 29.6 Å². The number of aliphatic hydroxyl groups is 1. The van der Waals surface area contributed by atoms with Crippen molar-refractivity contribution in [2.45, 2.75) is 82.7 Å². The Balaban J connectivity index is 1.25. The van der Waals surface area contributed by atoms with E-state index in [0.29, 0.717) is 5.39 Å². The number of hydrogen-bond acceptors (Lipinski definition) is 12. The van der Waals surface area contributed by atoms with Crippen LogP contribution < -0.4 is 20.1 Å². The largest absolute Gasteiger partial charge is 0.476 e. The Labute approximate surface area is 270 Å². The molecule has 6 atom stereocenters. The molecule has 0 spiro atoms. The molecule has 2 aliphatic rings. The zero-order valence-electron chi connectivity index (χ0n) is 26.2. The van der Waals surface area contributed by atoms with Crippen LogP contribution in [0, 0.1) is 0 Å². The summed E-state index contributed by atoms with van der Waals surface area (Å²) in [5.41, 5.74) is 4.16. The molecule has 14 nitrogen and oxygen atoms in total. The maximum Gasteiger partial charge on any atom is 0.459 e. The number of nitrogens with one attached hydrogen (secondary N) is 1. The highest BCUT2D eigenvalue weighted by Crippen LogP contribution is 2.49. The number of imidazole rings is 1. The van der Waals surface area contributed by atoms with E-state index in [1.54, 1.807) is 31.2 Å². The van der Waals surface area contributed by atoms with Gasteiger partial charge in [0.1, 0.15) is 29.6 Å². The van der Waals surface area contributed by atoms with E-state index < -0.39 is 50.5 Å². The van der Waals surface area contributed by atoms with Crippen LogP contribution >= 0.6 is 7.75 Å². The number of hydrogen-bond donors (Lipinski definition) is 3. The minimum atomic E-state index is -4.41. The molecule has 2 unspecified atom stereocenters. The van der Waals surface area contributed by atoms with E-state index in [0.717, 1.165) is 31.1 Å². The maximum atomic E-state index is 15.9. The summed E-state index contributed by atoms with van der Waals surface area (Å²) in [5.74, 6) is -0.390. The summed E-state index contributed by atoms with van der Waals surface area (Å²) < 4.78 is 60.5. The Morgan fingerprint density at radius 3 is 2.74 bits per heavy atom. The lowest BCUT2D eigenvalue weighted by Crippen LogP contribution is -2.42. The average Bonchev–Trinajstić information content (AvgIpc) is 3.75. The van der Waals surface area contributed by atoms with Crippen LogP contribution in [0.3, 0.4) is 0 Å². The summed E-state index contributed by atoms with van der Waals surface area (Å²) in [7, 11) is -4.41. The standard InChI is InChI=1S/C31H38FN6O8P/c1-4-42-27-24-26(35-30(33)36-27)38(17-34-24)29-31(3,40)25(32)23(45-29)16-43-47(41,37-18(2)28(39)44-20-12-6-7-13-20)46-22-15-9-11-19-10-5-8-14-21(19)22/h5,8-11,14-15,17-18,20,23,25,29,40H,4,6-7,12-13,16H2,1-3H3,(H,37,41)(H2,33,35,36)/t18-,23+,25+,29?,31+,47?/m0/s1. The van der Waals surface area contributed by atoms with Gasteiger partial charge in [0.05, 0.1) is 19.5 Å². The fourth-order valence-electron chi connectivity index (χ4n) is 5.90. The number of nitrogens with zero attached hydrogens (tertiary/aromatic N) is 4. The van der Waals surface area contributed by atoms with Gasteiger partial charge in [0, 0.05) is 5.39 Å². The molecule has 4 aromatic rings. The Morgan fingerprint density at radius 1 is 1.23 bits per heavy atom. The highest BCUT2D eigenvalue weighted by molar-refractivity contribution is 7.52. The number of carbonyl (C=O) groups excluding carboxylic acids is 1. The van der Waals surface area contributed by atoms with Gasteiger partial charge in [-0.05, 0) is 57.9 Å². The van der Waals surface area contributed by atoms with Crippen LogP contribution in [0.1, 0.15) is 52.7 Å². The third-order valence-corrected chi connectivity index (χ3v) is 9.93. The first-order valence-electron chi connectivity index (χ1n) is 15.5. The third-order valence-electron chi connectivity index (χ3n) is 8.30. The van der Waals surface area contributed by atoms with Gasteiger partial charge in [0.25, 0.3) is 0 Å². The van der Waals surface area contributed by atoms with Gasteiger partial charge >= 0.3 is 13.7 Å². The lowest BCUT2D eigenvalue weighted by Gasteiger charge is -2.26. The highest BCUT2D eigenvalue weighted by Gasteiger charge is 2.55. The van der Waals surface area contributed by atoms with Crippen LogP contribution in [0.25, 0.3) is 21.9 Å². The van der Waals surface area contributed by atoms with Crippen LogP contribution in [0.15, 0.2) is 48.8 Å². The van der Waals surface area contributed by atoms with E-state index in [4.69, 9.17) is 29.0 Å². The van der Waals surface area contributed by atoms with Gasteiger partial charge in [-0.15, -0.1) is 0 Å². The second-order valence-electron chi connectivity index (χ2n) is 11.9. The lowest BCUT2D eigenvalue weighted by atomic mass is 9.98. The van der Waals surface area contributed by atoms with Crippen molar-refractivity contribution in [1.82, 2.24) is 24.6 Å². The lowest BCUT2D eigenvalue weighted by molar-refractivity contribution is -0.150. The van der Waals surface area contributed by atoms with E-state index in [2.05, 4.69) is 20.0 Å². The third kappa shape index (κ3) is 6.76. The number of ether oxygens (including phenoxy) is 3. The second-order valence-corrected chi connectivity index (χ2v) is 13.5. The number of fused-ring (bicyclic) bond motifs is 2. The first-order valence-corrected chi connectivity index (χ1v) is 17.1. The SMILES string of the molecule is CCOc1nc(N)nc2c1ncn2C1O[C@H](COP(=O)(N[C@@H](C)C(=O)OC2CCCC2)Oc2cccc3ccccc23)[C@@H](F)[C@@]1(C)O. The van der Waals surface area contributed by atoms with Gasteiger partial charge in [0.2, 0.25) is 11.8 Å². The number of carbonyl (C=O) groups is 1. The Bertz CT molecular complexity index is 1800. The van der Waals surface area contributed by atoms with Gasteiger partial charge in [-0.25, -0.2) is 13.9 Å². The molecular formula is C31H38FN6O8P. The minimum absolute atomic E-state index is 0.116. The maximum absolute atomic E-state index is 15.9. The number of nitrogens with two attached hydrogens (primary N) is 1. The zero-order chi connectivity index (χ0) is 33.3. The predicted molar refractivity (Wildman–Crippen MR) is 169 cm³/mol. The van der Waals surface area contributed by atoms with Crippen LogP contribution in [0.2, 0.25) is 0 Å². The fourth-order valence-corrected chi connectivity index (χ4v) is 7.42. The number of nitrogen functional groups attached to an aromatic ring is 1. The Morgan fingerprint density at radius 2 is 1.98 bits per heavy atom. The number of anilines is 1. The number of halogens is 1. The molecule has 47 heavy (non-hydrogen) atoms. The van der Waals surface area contributed by atoms with E-state index in [9.17, 15) is 14.5 Å². The summed E-state index contributed by atoms with van der Waals surface area (Å²) in [6.07, 6.45) is -0.249. The molecule has 3 heterocycles. The molecule has 4 N–H and O–H groups in total. The van der Waals surface area contributed by atoms with Crippen molar-refractivity contribution in [3.63, 3.8) is 0 Å². The first kappa shape index (κ1) is 33.0. The van der Waals surface area contributed by atoms with Gasteiger partial charge in [0.15, 0.2) is 23.6 Å². The van der Waals surface area contributed by atoms with Crippen molar-refractivity contribution in [2.24, 2.45) is 0 Å². The molecule has 0 radical (unpaired) electrons. The van der Waals surface area contributed by atoms with E-state index in [1.807, 2.05) is 18.2 Å². The second kappa shape index (κ2) is 13.3. The predicted octanol–water partition coefficient (Wildman–Crippen LogP) is 4.61. The van der Waals surface area contributed by atoms with Crippen molar-refractivity contribution < 1.29 is 42.1 Å². The Kier molecular flexibility index (Phi) is 9.36. The molecule has 16 heteroatoms. The number of alkyl halides is 1. The summed E-state index contributed by atoms with van der Waals surface area (Å²) >= 11 is 0. The topological polar surface area (TPSA) is 182 Å². The molecule has 0 amide bonds. The number of rotatable bonds is 12.